The molecule has 0 amide bonds. The van der Waals surface area contributed by atoms with Gasteiger partial charge < -0.3 is 9.80 Å². The molecule has 0 saturated carbocycles. The number of nitrogens with zero attached hydrogens (tertiary/aromatic N) is 2. The van der Waals surface area contributed by atoms with Gasteiger partial charge in [-0.05, 0) is 380 Å². The van der Waals surface area contributed by atoms with E-state index >= 15 is 0 Å². The number of fused-ring (bicyclic) bond motifs is 26. The first-order valence-electron chi connectivity index (χ1n) is 53.1. The number of hydrogen-bond donors (Lipinski definition) is 0. The molecule has 6 aliphatic carbocycles. The van der Waals surface area contributed by atoms with Crippen molar-refractivity contribution in [3.05, 3.63) is 516 Å². The largest absolute Gasteiger partial charge is 0.310 e. The number of anilines is 6. The van der Waals surface area contributed by atoms with Gasteiger partial charge in [0.25, 0.3) is 0 Å². The van der Waals surface area contributed by atoms with Gasteiger partial charge in [0.15, 0.2) is 0 Å². The summed E-state index contributed by atoms with van der Waals surface area (Å²) in [4.78, 5) is 5.08. The normalized spacial score (nSPS) is 14.9. The van der Waals surface area contributed by atoms with Gasteiger partial charge >= 0.3 is 0 Å². The van der Waals surface area contributed by atoms with E-state index in [0.29, 0.717) is 0 Å². The highest BCUT2D eigenvalue weighted by molar-refractivity contribution is 7.26. The molecule has 716 valence electrons. The van der Waals surface area contributed by atoms with Crippen molar-refractivity contribution >= 4 is 119 Å². The molecule has 2 aromatic heterocycles. The third-order valence-electron chi connectivity index (χ3n) is 35.3. The van der Waals surface area contributed by atoms with E-state index in [9.17, 15) is 0 Å². The summed E-state index contributed by atoms with van der Waals surface area (Å²) in [6.45, 7) is 29.0. The zero-order valence-corrected chi connectivity index (χ0v) is 88.1. The Kier molecular flexibility index (Phi) is 19.7. The van der Waals surface area contributed by atoms with Crippen LogP contribution in [0.2, 0.25) is 0 Å². The molecule has 6 aliphatic rings. The van der Waals surface area contributed by atoms with E-state index in [1.807, 2.05) is 22.7 Å². The summed E-state index contributed by atoms with van der Waals surface area (Å²) in [7, 11) is 0. The van der Waals surface area contributed by atoms with Gasteiger partial charge in [-0.2, -0.15) is 0 Å². The van der Waals surface area contributed by atoms with Crippen LogP contribution in [0.3, 0.4) is 0 Å². The fourth-order valence-corrected chi connectivity index (χ4v) is 29.1. The molecule has 0 unspecified atom stereocenters. The van der Waals surface area contributed by atoms with Crippen LogP contribution >= 0.6 is 22.7 Å². The molecule has 0 spiro atoms. The van der Waals surface area contributed by atoms with Crippen molar-refractivity contribution in [3.63, 3.8) is 0 Å². The summed E-state index contributed by atoms with van der Waals surface area (Å²) in [5.74, 6) is 0. The van der Waals surface area contributed by atoms with Crippen molar-refractivity contribution in [1.29, 1.82) is 0 Å². The zero-order valence-electron chi connectivity index (χ0n) is 86.4. The molecule has 0 fully saturated rings. The summed E-state index contributed by atoms with van der Waals surface area (Å²) in [6.07, 6.45) is 0. The molecule has 0 saturated heterocycles. The number of thiophene rings is 2. The minimum absolute atomic E-state index is 0.207. The molecule has 0 atom stereocenters. The lowest BCUT2D eigenvalue weighted by atomic mass is 9.80. The molecule has 2 heterocycles. The van der Waals surface area contributed by atoms with Gasteiger partial charge in [0.2, 0.25) is 0 Å². The van der Waals surface area contributed by atoms with E-state index in [4.69, 9.17) is 0 Å². The molecule has 0 bridgehead atoms. The van der Waals surface area contributed by atoms with Gasteiger partial charge in [-0.15, -0.1) is 22.7 Å². The number of rotatable bonds is 12. The molecule has 22 aromatic carbocycles. The number of hydrogen-bond acceptors (Lipinski definition) is 4. The van der Waals surface area contributed by atoms with Crippen LogP contribution in [-0.2, 0) is 32.5 Å². The molecule has 24 aromatic rings. The summed E-state index contributed by atoms with van der Waals surface area (Å²) < 4.78 is 5.35. The van der Waals surface area contributed by atoms with E-state index in [1.165, 1.54) is 262 Å². The van der Waals surface area contributed by atoms with Gasteiger partial charge in [0.1, 0.15) is 0 Å². The number of benzene rings is 22. The van der Waals surface area contributed by atoms with Crippen molar-refractivity contribution in [2.45, 2.75) is 116 Å². The molecular formula is C146H110N2S2. The lowest BCUT2D eigenvalue weighted by Gasteiger charge is -2.31. The maximum absolute atomic E-state index is 2.54. The van der Waals surface area contributed by atoms with E-state index in [-0.39, 0.29) is 32.5 Å². The first kappa shape index (κ1) is 89.8. The van der Waals surface area contributed by atoms with Gasteiger partial charge in [-0.25, -0.2) is 0 Å². The second kappa shape index (κ2) is 32.9. The topological polar surface area (TPSA) is 6.48 Å². The molecule has 2 nitrogen and oxygen atoms in total. The fourth-order valence-electron chi connectivity index (χ4n) is 27.0. The second-order valence-electron chi connectivity index (χ2n) is 45.8. The molecule has 0 radical (unpaired) electrons. The quantitative estimate of drug-likeness (QED) is 0.120. The monoisotopic (exact) mass is 1950 g/mol. The molecule has 30 rings (SSSR count). The maximum Gasteiger partial charge on any atom is 0.0465 e. The minimum Gasteiger partial charge on any atom is -0.310 e. The highest BCUT2D eigenvalue weighted by Crippen LogP contribution is 2.62. The van der Waals surface area contributed by atoms with E-state index in [1.54, 1.807) is 0 Å². The van der Waals surface area contributed by atoms with Crippen molar-refractivity contribution in [3.8, 4) is 134 Å². The van der Waals surface area contributed by atoms with Crippen LogP contribution in [0.25, 0.3) is 195 Å². The molecule has 150 heavy (non-hydrogen) atoms. The summed E-state index contributed by atoms with van der Waals surface area (Å²) >= 11 is 3.76. The Morgan fingerprint density at radius 1 is 0.133 bits per heavy atom. The predicted molar refractivity (Wildman–Crippen MR) is 641 cm³/mol. The van der Waals surface area contributed by atoms with Crippen molar-refractivity contribution < 1.29 is 0 Å². The highest BCUT2D eigenvalue weighted by Gasteiger charge is 2.45. The lowest BCUT2D eigenvalue weighted by molar-refractivity contribution is 0.659. The Labute approximate surface area is 886 Å². The average Bonchev–Trinajstić information content (AvgIpc) is 1.56. The standard InChI is InChI=1S/2C73H55NS/c2*1-71(2)63-38-49(44-14-8-7-9-15-44)22-29-55(63)58-32-26-52(41-66(58)71)74(53-27-33-59-56-30-23-50(39-64(56)72(3,4)67(59)42-53)47-21-20-45-16-10-11-17-46(45)36-47)54-28-34-60-57-31-24-51(40-65(57)73(5,6)68(60)43-54)48-25-35-70-62(37-48)61-18-12-13-19-69(61)75-70/h2*7-43H,1-6H3. The van der Waals surface area contributed by atoms with Crippen LogP contribution in [0, 0.1) is 0 Å². The zero-order chi connectivity index (χ0) is 101. The van der Waals surface area contributed by atoms with E-state index in [2.05, 4.69) is 542 Å². The maximum atomic E-state index is 2.54. The Bertz CT molecular complexity index is 9350. The van der Waals surface area contributed by atoms with Crippen LogP contribution < -0.4 is 9.80 Å². The molecule has 0 aliphatic heterocycles. The Balaban J connectivity index is 0.000000141. The predicted octanol–water partition coefficient (Wildman–Crippen LogP) is 41.2. The van der Waals surface area contributed by atoms with Crippen LogP contribution in [0.5, 0.6) is 0 Å². The van der Waals surface area contributed by atoms with Gasteiger partial charge in [0.05, 0.1) is 0 Å². The average molecular weight is 1960 g/mol. The van der Waals surface area contributed by atoms with Crippen molar-refractivity contribution in [1.82, 2.24) is 0 Å². The summed E-state index contributed by atoms with van der Waals surface area (Å²) in [5, 5.41) is 10.4. The Morgan fingerprint density at radius 3 is 0.587 bits per heavy atom. The smallest absolute Gasteiger partial charge is 0.0465 e. The SMILES string of the molecule is CC1(C)c2cc(-c3ccccc3)ccc2-c2ccc(N(c3ccc4c(c3)C(C)(C)c3cc(-c5ccc6ccccc6c5)ccc3-4)c3ccc4c(c3)C(C)(C)c3cc(-c5ccc6sc7ccccc7c6c5)ccc3-4)cc21.CC1(C)c2cc(-c3ccccc3)ccc2-c2ccc(N(c3ccc4c(c3)C(C)(C)c3cc(-c5ccc6ccccc6c5)ccc3-4)c3ccc4c(c3)C(C)(C)c3cc(-c5ccc6sc7ccccc7c6c5)ccc3-4)cc21. The molecule has 4 heteroatoms. The Hall–Kier alpha value is -16.6. The third kappa shape index (κ3) is 13.7. The van der Waals surface area contributed by atoms with E-state index < -0.39 is 0 Å². The van der Waals surface area contributed by atoms with Crippen LogP contribution in [0.4, 0.5) is 34.1 Å². The summed E-state index contributed by atoms with van der Waals surface area (Å²) in [5.41, 5.74) is 53.0. The highest BCUT2D eigenvalue weighted by atomic mass is 32.1. The lowest BCUT2D eigenvalue weighted by Crippen LogP contribution is -2.19. The molecule has 0 N–H and O–H groups in total. The van der Waals surface area contributed by atoms with Crippen molar-refractivity contribution in [2.75, 3.05) is 9.80 Å². The fraction of sp³-hybridized carbons (Fsp3) is 0.123. The Morgan fingerprint density at radius 2 is 0.320 bits per heavy atom. The first-order valence-corrected chi connectivity index (χ1v) is 54.7. The van der Waals surface area contributed by atoms with Gasteiger partial charge in [-0.1, -0.05) is 374 Å². The van der Waals surface area contributed by atoms with E-state index in [0.717, 1.165) is 34.1 Å². The molecular weight excluding hydrogens is 1850 g/mol. The second-order valence-corrected chi connectivity index (χ2v) is 48.0. The minimum atomic E-state index is -0.232. The van der Waals surface area contributed by atoms with Crippen LogP contribution in [-0.4, -0.2) is 0 Å². The summed E-state index contributed by atoms with van der Waals surface area (Å²) in [6, 6.07) is 171. The van der Waals surface area contributed by atoms with Crippen LogP contribution in [0.15, 0.2) is 449 Å². The van der Waals surface area contributed by atoms with Gasteiger partial charge in [-0.3, -0.25) is 0 Å². The van der Waals surface area contributed by atoms with Gasteiger partial charge in [0, 0.05) is 107 Å². The first-order chi connectivity index (χ1) is 72.8. The third-order valence-corrected chi connectivity index (χ3v) is 37.6. The van der Waals surface area contributed by atoms with Crippen molar-refractivity contribution in [2.24, 2.45) is 0 Å². The van der Waals surface area contributed by atoms with Crippen LogP contribution in [0.1, 0.15) is 150 Å².